The molecule has 1 aliphatic heterocycles. The highest BCUT2D eigenvalue weighted by atomic mass is 16.6. The van der Waals surface area contributed by atoms with Crippen molar-refractivity contribution >= 4 is 6.09 Å². The maximum atomic E-state index is 11.3. The Morgan fingerprint density at radius 3 is 2.46 bits per heavy atom. The summed E-state index contributed by atoms with van der Waals surface area (Å²) in [5, 5.41) is 0. The van der Waals surface area contributed by atoms with Crippen LogP contribution in [-0.4, -0.2) is 29.7 Å². The van der Waals surface area contributed by atoms with Crippen molar-refractivity contribution in [1.29, 1.82) is 0 Å². The number of hydrogen-bond acceptors (Lipinski definition) is 2. The molecule has 0 spiro atoms. The van der Waals surface area contributed by atoms with Crippen molar-refractivity contribution in [2.24, 2.45) is 5.92 Å². The van der Waals surface area contributed by atoms with Gasteiger partial charge >= 0.3 is 6.09 Å². The Labute approximate surface area is 80.1 Å². The van der Waals surface area contributed by atoms with Crippen LogP contribution < -0.4 is 0 Å². The monoisotopic (exact) mass is 185 g/mol. The van der Waals surface area contributed by atoms with Crippen LogP contribution in [0.25, 0.3) is 0 Å². The first-order valence-corrected chi connectivity index (χ1v) is 4.98. The predicted octanol–water partition coefficient (Wildman–Crippen LogP) is 2.26. The van der Waals surface area contributed by atoms with Gasteiger partial charge in [-0.1, -0.05) is 13.8 Å². The number of rotatable bonds is 3. The Hall–Kier alpha value is -0.730. The molecule has 0 aromatic carbocycles. The molecule has 1 heterocycles. The molecule has 1 atom stereocenters. The maximum absolute atomic E-state index is 11.3. The van der Waals surface area contributed by atoms with E-state index in [1.54, 1.807) is 4.90 Å². The fourth-order valence-corrected chi connectivity index (χ4v) is 1.61. The highest BCUT2D eigenvalue weighted by Gasteiger charge is 2.32. The van der Waals surface area contributed by atoms with Crippen LogP contribution in [0, 0.1) is 5.92 Å². The average Bonchev–Trinajstić information content (AvgIpc) is 2.29. The minimum Gasteiger partial charge on any atom is -0.444 e. The fourth-order valence-electron chi connectivity index (χ4n) is 1.61. The van der Waals surface area contributed by atoms with E-state index < -0.39 is 0 Å². The molecule has 0 bridgehead atoms. The van der Waals surface area contributed by atoms with Gasteiger partial charge in [-0.3, -0.25) is 0 Å². The minimum atomic E-state index is -0.152. The Morgan fingerprint density at radius 1 is 1.46 bits per heavy atom. The van der Waals surface area contributed by atoms with Gasteiger partial charge in [0.05, 0.1) is 6.54 Å². The molecule has 1 unspecified atom stereocenters. The first kappa shape index (κ1) is 10.4. The molecular weight excluding hydrogens is 166 g/mol. The van der Waals surface area contributed by atoms with Crippen LogP contribution in [0.4, 0.5) is 4.79 Å². The molecule has 76 valence electrons. The molecule has 1 saturated heterocycles. The van der Waals surface area contributed by atoms with Gasteiger partial charge in [0.15, 0.2) is 0 Å². The summed E-state index contributed by atoms with van der Waals surface area (Å²) in [4.78, 5) is 13.1. The zero-order chi connectivity index (χ0) is 10.0. The third-order valence-corrected chi connectivity index (χ3v) is 2.26. The van der Waals surface area contributed by atoms with E-state index in [1.807, 2.05) is 13.8 Å². The van der Waals surface area contributed by atoms with Crippen molar-refractivity contribution in [2.45, 2.75) is 46.3 Å². The third kappa shape index (κ3) is 2.61. The van der Waals surface area contributed by atoms with Gasteiger partial charge in [0.25, 0.3) is 0 Å². The summed E-state index contributed by atoms with van der Waals surface area (Å²) < 4.78 is 5.23. The summed E-state index contributed by atoms with van der Waals surface area (Å²) in [6, 6.07) is 0.254. The fraction of sp³-hybridized carbons (Fsp3) is 0.900. The van der Waals surface area contributed by atoms with E-state index >= 15 is 0 Å². The lowest BCUT2D eigenvalue weighted by Crippen LogP contribution is -2.32. The molecule has 0 aromatic heterocycles. The number of hydrogen-bond donors (Lipinski definition) is 0. The van der Waals surface area contributed by atoms with E-state index in [0.29, 0.717) is 5.92 Å². The molecule has 0 aliphatic carbocycles. The largest absolute Gasteiger partial charge is 0.444 e. The molecule has 0 radical (unpaired) electrons. The third-order valence-electron chi connectivity index (χ3n) is 2.26. The molecule has 0 aromatic rings. The Bertz CT molecular complexity index is 189. The highest BCUT2D eigenvalue weighted by Crippen LogP contribution is 2.19. The van der Waals surface area contributed by atoms with Crippen LogP contribution in [0.15, 0.2) is 0 Å². The van der Waals surface area contributed by atoms with Gasteiger partial charge in [-0.05, 0) is 26.2 Å². The number of ether oxygens (including phenoxy) is 1. The summed E-state index contributed by atoms with van der Waals surface area (Å²) in [6.07, 6.45) is 0.921. The molecule has 1 aliphatic rings. The molecular formula is C10H19NO2. The van der Waals surface area contributed by atoms with E-state index in [9.17, 15) is 4.79 Å². The molecule has 0 N–H and O–H groups in total. The SMILES string of the molecule is CC(C)CC1CN(C(C)C)C(=O)O1. The van der Waals surface area contributed by atoms with E-state index in [4.69, 9.17) is 4.74 Å². The van der Waals surface area contributed by atoms with E-state index in [0.717, 1.165) is 13.0 Å². The Kier molecular flexibility index (Phi) is 3.17. The van der Waals surface area contributed by atoms with Crippen molar-refractivity contribution in [3.05, 3.63) is 0 Å². The molecule has 13 heavy (non-hydrogen) atoms. The summed E-state index contributed by atoms with van der Waals surface area (Å²) in [5.74, 6) is 0.588. The van der Waals surface area contributed by atoms with E-state index in [1.165, 1.54) is 0 Å². The zero-order valence-electron chi connectivity index (χ0n) is 8.91. The van der Waals surface area contributed by atoms with Crippen LogP contribution in [0.1, 0.15) is 34.1 Å². The lowest BCUT2D eigenvalue weighted by Gasteiger charge is -2.17. The normalized spacial score (nSPS) is 23.1. The number of carbonyl (C=O) groups excluding carboxylic acids is 1. The molecule has 1 amide bonds. The zero-order valence-corrected chi connectivity index (χ0v) is 8.91. The topological polar surface area (TPSA) is 29.5 Å². The quantitative estimate of drug-likeness (QED) is 0.675. The lowest BCUT2D eigenvalue weighted by molar-refractivity contribution is 0.121. The van der Waals surface area contributed by atoms with Gasteiger partial charge in [0.1, 0.15) is 6.10 Å². The van der Waals surface area contributed by atoms with Crippen molar-refractivity contribution < 1.29 is 9.53 Å². The molecule has 3 nitrogen and oxygen atoms in total. The summed E-state index contributed by atoms with van der Waals surface area (Å²) in [6.45, 7) is 9.07. The van der Waals surface area contributed by atoms with Gasteiger partial charge < -0.3 is 9.64 Å². The van der Waals surface area contributed by atoms with Crippen molar-refractivity contribution in [3.8, 4) is 0 Å². The number of nitrogens with zero attached hydrogens (tertiary/aromatic N) is 1. The summed E-state index contributed by atoms with van der Waals surface area (Å²) >= 11 is 0. The van der Waals surface area contributed by atoms with Crippen LogP contribution in [0.3, 0.4) is 0 Å². The number of amides is 1. The predicted molar refractivity (Wildman–Crippen MR) is 51.6 cm³/mol. The second-order valence-corrected chi connectivity index (χ2v) is 4.38. The van der Waals surface area contributed by atoms with Gasteiger partial charge in [-0.25, -0.2) is 4.79 Å². The maximum Gasteiger partial charge on any atom is 0.410 e. The number of carbonyl (C=O) groups is 1. The van der Waals surface area contributed by atoms with E-state index in [2.05, 4.69) is 13.8 Å². The van der Waals surface area contributed by atoms with Crippen molar-refractivity contribution in [2.75, 3.05) is 6.54 Å². The van der Waals surface area contributed by atoms with E-state index in [-0.39, 0.29) is 18.2 Å². The Balaban J connectivity index is 2.45. The van der Waals surface area contributed by atoms with Gasteiger partial charge in [-0.15, -0.1) is 0 Å². The Morgan fingerprint density at radius 2 is 2.08 bits per heavy atom. The molecule has 1 rings (SSSR count). The van der Waals surface area contributed by atoms with Crippen LogP contribution in [0.5, 0.6) is 0 Å². The minimum absolute atomic E-state index is 0.106. The lowest BCUT2D eigenvalue weighted by atomic mass is 10.1. The van der Waals surface area contributed by atoms with Gasteiger partial charge in [-0.2, -0.15) is 0 Å². The number of cyclic esters (lactones) is 1. The summed E-state index contributed by atoms with van der Waals surface area (Å²) in [5.41, 5.74) is 0. The highest BCUT2D eigenvalue weighted by molar-refractivity contribution is 5.70. The average molecular weight is 185 g/mol. The molecule has 1 fully saturated rings. The van der Waals surface area contributed by atoms with Crippen molar-refractivity contribution in [3.63, 3.8) is 0 Å². The van der Waals surface area contributed by atoms with Crippen LogP contribution in [0.2, 0.25) is 0 Å². The van der Waals surface area contributed by atoms with Crippen molar-refractivity contribution in [1.82, 2.24) is 4.90 Å². The first-order chi connectivity index (χ1) is 6.00. The second kappa shape index (κ2) is 3.99. The molecule has 3 heteroatoms. The standard InChI is InChI=1S/C10H19NO2/c1-7(2)5-9-6-11(8(3)4)10(12)13-9/h7-9H,5-6H2,1-4H3. The first-order valence-electron chi connectivity index (χ1n) is 4.98. The smallest absolute Gasteiger partial charge is 0.410 e. The van der Waals surface area contributed by atoms with Crippen LogP contribution in [-0.2, 0) is 4.74 Å². The van der Waals surface area contributed by atoms with Crippen LogP contribution >= 0.6 is 0 Å². The molecule has 0 saturated carbocycles. The summed E-state index contributed by atoms with van der Waals surface area (Å²) in [7, 11) is 0. The van der Waals surface area contributed by atoms with Gasteiger partial charge in [0.2, 0.25) is 0 Å². The second-order valence-electron chi connectivity index (χ2n) is 4.38. The van der Waals surface area contributed by atoms with Gasteiger partial charge in [0, 0.05) is 6.04 Å².